The Morgan fingerprint density at radius 1 is 0.920 bits per heavy atom. The maximum Gasteiger partial charge on any atom is 0.243 e. The molecule has 3 aromatic rings. The molecule has 7 heteroatoms. The van der Waals surface area contributed by atoms with Crippen molar-refractivity contribution in [2.24, 2.45) is 0 Å². The molecule has 132 valence electrons. The van der Waals surface area contributed by atoms with Gasteiger partial charge in [-0.15, -0.1) is 0 Å². The molecule has 25 heavy (non-hydrogen) atoms. The number of hydrogen-bond donors (Lipinski definition) is 0. The molecule has 0 amide bonds. The van der Waals surface area contributed by atoms with Gasteiger partial charge < -0.3 is 13.6 Å². The molecule has 0 atom stereocenters. The van der Waals surface area contributed by atoms with Gasteiger partial charge in [0, 0.05) is 0 Å². The quantitative estimate of drug-likeness (QED) is 0.612. The molecule has 3 rings (SSSR count). The summed E-state index contributed by atoms with van der Waals surface area (Å²) in [4.78, 5) is 0.189. The Bertz CT molecular complexity index is 832. The van der Waals surface area contributed by atoms with Crippen molar-refractivity contribution in [1.82, 2.24) is 4.31 Å². The van der Waals surface area contributed by atoms with Gasteiger partial charge in [-0.25, -0.2) is 8.42 Å². The van der Waals surface area contributed by atoms with Crippen molar-refractivity contribution in [2.45, 2.75) is 24.9 Å². The normalized spacial score (nSPS) is 11.8. The fraction of sp³-hybridized carbons (Fsp3) is 0.222. The van der Waals surface area contributed by atoms with Crippen LogP contribution in [0.25, 0.3) is 0 Å². The van der Waals surface area contributed by atoms with Crippen LogP contribution in [0.15, 0.2) is 74.8 Å². The summed E-state index contributed by atoms with van der Waals surface area (Å²) < 4.78 is 43.4. The number of benzene rings is 1. The molecule has 0 bridgehead atoms. The maximum atomic E-state index is 13.1. The van der Waals surface area contributed by atoms with Gasteiger partial charge in [0.1, 0.15) is 17.3 Å². The SMILES string of the molecule is CCOc1ccc(S(=O)(=O)N(Cc2ccco2)Cc2ccco2)cc1. The first kappa shape index (κ1) is 17.3. The van der Waals surface area contributed by atoms with E-state index in [9.17, 15) is 8.42 Å². The third kappa shape index (κ3) is 4.12. The molecule has 6 nitrogen and oxygen atoms in total. The number of nitrogens with zero attached hydrogens (tertiary/aromatic N) is 1. The molecule has 0 spiro atoms. The third-order valence-corrected chi connectivity index (χ3v) is 5.40. The van der Waals surface area contributed by atoms with Crippen LogP contribution in [-0.4, -0.2) is 19.3 Å². The van der Waals surface area contributed by atoms with E-state index < -0.39 is 10.0 Å². The van der Waals surface area contributed by atoms with Crippen LogP contribution in [0.1, 0.15) is 18.4 Å². The van der Waals surface area contributed by atoms with Gasteiger partial charge in [0.15, 0.2) is 0 Å². The molecule has 2 heterocycles. The maximum absolute atomic E-state index is 13.1. The van der Waals surface area contributed by atoms with Gasteiger partial charge in [-0.05, 0) is 55.5 Å². The lowest BCUT2D eigenvalue weighted by molar-refractivity contribution is 0.330. The van der Waals surface area contributed by atoms with Crippen LogP contribution >= 0.6 is 0 Å². The van der Waals surface area contributed by atoms with E-state index in [1.165, 1.54) is 29.0 Å². The van der Waals surface area contributed by atoms with Crippen LogP contribution in [0.3, 0.4) is 0 Å². The zero-order valence-corrected chi connectivity index (χ0v) is 14.6. The standard InChI is InChI=1S/C18H19NO5S/c1-2-22-15-7-9-18(10-8-15)25(20,21)19(13-16-5-3-11-23-16)14-17-6-4-12-24-17/h3-12H,2,13-14H2,1H3. The molecule has 0 fully saturated rings. The Balaban J connectivity index is 1.89. The Hall–Kier alpha value is -2.51. The number of ether oxygens (including phenoxy) is 1. The predicted octanol–water partition coefficient (Wildman–Crippen LogP) is 3.66. The van der Waals surface area contributed by atoms with Crippen LogP contribution < -0.4 is 4.74 Å². The summed E-state index contributed by atoms with van der Waals surface area (Å²) >= 11 is 0. The Morgan fingerprint density at radius 2 is 1.48 bits per heavy atom. The van der Waals surface area contributed by atoms with E-state index in [4.69, 9.17) is 13.6 Å². The summed E-state index contributed by atoms with van der Waals surface area (Å²) in [6, 6.07) is 13.3. The molecule has 0 unspecified atom stereocenters. The highest BCUT2D eigenvalue weighted by atomic mass is 32.2. The van der Waals surface area contributed by atoms with E-state index in [0.29, 0.717) is 23.9 Å². The highest BCUT2D eigenvalue weighted by molar-refractivity contribution is 7.89. The number of sulfonamides is 1. The lowest BCUT2D eigenvalue weighted by Crippen LogP contribution is -2.30. The molecule has 0 aliphatic rings. The molecule has 0 radical (unpaired) electrons. The first-order valence-corrected chi connectivity index (χ1v) is 9.31. The average Bonchev–Trinajstić information content (AvgIpc) is 3.29. The van der Waals surface area contributed by atoms with Gasteiger partial charge in [0.2, 0.25) is 10.0 Å². The minimum atomic E-state index is -3.73. The third-order valence-electron chi connectivity index (χ3n) is 3.60. The van der Waals surface area contributed by atoms with Gasteiger partial charge in [0.05, 0.1) is 37.1 Å². The minimum Gasteiger partial charge on any atom is -0.494 e. The molecule has 1 aromatic carbocycles. The van der Waals surface area contributed by atoms with E-state index in [1.54, 1.807) is 36.4 Å². The second-order valence-electron chi connectivity index (χ2n) is 5.34. The molecular formula is C18H19NO5S. The van der Waals surface area contributed by atoms with Crippen molar-refractivity contribution in [2.75, 3.05) is 6.61 Å². The first-order chi connectivity index (χ1) is 12.1. The van der Waals surface area contributed by atoms with Gasteiger partial charge >= 0.3 is 0 Å². The minimum absolute atomic E-state index is 0.114. The Labute approximate surface area is 146 Å². The van der Waals surface area contributed by atoms with Crippen LogP contribution in [0.4, 0.5) is 0 Å². The van der Waals surface area contributed by atoms with Crippen LogP contribution in [0.5, 0.6) is 5.75 Å². The lowest BCUT2D eigenvalue weighted by Gasteiger charge is -2.20. The monoisotopic (exact) mass is 361 g/mol. The molecule has 0 N–H and O–H groups in total. The van der Waals surface area contributed by atoms with Gasteiger partial charge in [-0.1, -0.05) is 0 Å². The average molecular weight is 361 g/mol. The van der Waals surface area contributed by atoms with E-state index in [2.05, 4.69) is 0 Å². The van der Waals surface area contributed by atoms with Gasteiger partial charge in [-0.2, -0.15) is 4.31 Å². The Kier molecular flexibility index (Phi) is 5.25. The van der Waals surface area contributed by atoms with E-state index in [1.807, 2.05) is 6.92 Å². The van der Waals surface area contributed by atoms with Crippen molar-refractivity contribution >= 4 is 10.0 Å². The second kappa shape index (κ2) is 7.58. The first-order valence-electron chi connectivity index (χ1n) is 7.87. The largest absolute Gasteiger partial charge is 0.494 e. The van der Waals surface area contributed by atoms with Crippen LogP contribution in [-0.2, 0) is 23.1 Å². The van der Waals surface area contributed by atoms with Crippen molar-refractivity contribution in [1.29, 1.82) is 0 Å². The predicted molar refractivity (Wildman–Crippen MR) is 91.5 cm³/mol. The summed E-state index contributed by atoms with van der Waals surface area (Å²) in [5.74, 6) is 1.74. The summed E-state index contributed by atoms with van der Waals surface area (Å²) in [5.41, 5.74) is 0. The molecule has 0 saturated heterocycles. The van der Waals surface area contributed by atoms with Crippen LogP contribution in [0, 0.1) is 0 Å². The fourth-order valence-electron chi connectivity index (χ4n) is 2.40. The smallest absolute Gasteiger partial charge is 0.243 e. The number of hydrogen-bond acceptors (Lipinski definition) is 5. The molecule has 2 aromatic heterocycles. The zero-order chi connectivity index (χ0) is 17.7. The van der Waals surface area contributed by atoms with Gasteiger partial charge in [0.25, 0.3) is 0 Å². The molecular weight excluding hydrogens is 342 g/mol. The van der Waals surface area contributed by atoms with Crippen LogP contribution in [0.2, 0.25) is 0 Å². The summed E-state index contributed by atoms with van der Waals surface area (Å²) in [6.45, 7) is 2.63. The highest BCUT2D eigenvalue weighted by Gasteiger charge is 2.26. The van der Waals surface area contributed by atoms with Crippen molar-refractivity contribution in [3.63, 3.8) is 0 Å². The van der Waals surface area contributed by atoms with E-state index >= 15 is 0 Å². The summed E-state index contributed by atoms with van der Waals surface area (Å²) in [6.07, 6.45) is 3.04. The van der Waals surface area contributed by atoms with E-state index in [-0.39, 0.29) is 18.0 Å². The van der Waals surface area contributed by atoms with Gasteiger partial charge in [-0.3, -0.25) is 0 Å². The summed E-state index contributed by atoms with van der Waals surface area (Å²) in [5, 5.41) is 0. The number of furan rings is 2. The molecule has 0 saturated carbocycles. The highest BCUT2D eigenvalue weighted by Crippen LogP contribution is 2.23. The zero-order valence-electron chi connectivity index (χ0n) is 13.8. The molecule has 0 aliphatic heterocycles. The topological polar surface area (TPSA) is 72.9 Å². The Morgan fingerprint density at radius 3 is 1.92 bits per heavy atom. The summed E-state index contributed by atoms with van der Waals surface area (Å²) in [7, 11) is -3.73. The van der Waals surface area contributed by atoms with Crippen molar-refractivity contribution < 1.29 is 22.0 Å². The molecule has 0 aliphatic carbocycles. The second-order valence-corrected chi connectivity index (χ2v) is 7.27. The van der Waals surface area contributed by atoms with E-state index in [0.717, 1.165) is 0 Å². The lowest BCUT2D eigenvalue weighted by atomic mass is 10.3. The van der Waals surface area contributed by atoms with Crippen molar-refractivity contribution in [3.05, 3.63) is 72.6 Å². The van der Waals surface area contributed by atoms with Crippen molar-refractivity contribution in [3.8, 4) is 5.75 Å². The number of rotatable bonds is 8. The fourth-order valence-corrected chi connectivity index (χ4v) is 3.77.